The quantitative estimate of drug-likeness (QED) is 0.492. The minimum atomic E-state index is -2.89. The molecule has 1 unspecified atom stereocenters. The second-order valence-electron chi connectivity index (χ2n) is 13.5. The molecular weight excluding hydrogens is 572 g/mol. The normalized spacial score (nSPS) is 30.3. The summed E-state index contributed by atoms with van der Waals surface area (Å²) in [6, 6.07) is 5.40. The molecule has 5 fully saturated rings. The Bertz CT molecular complexity index is 1430. The largest absolute Gasteiger partial charge is 0.489 e. The van der Waals surface area contributed by atoms with Crippen LogP contribution in [0.1, 0.15) is 73.7 Å². The molecule has 12 heteroatoms. The smallest absolute Gasteiger partial charge is 0.266 e. The molecule has 234 valence electrons. The molecule has 7 rings (SSSR count). The number of carbonyl (C=O) groups excluding carboxylic acids is 4. The summed E-state index contributed by atoms with van der Waals surface area (Å²) < 4.78 is 37.1. The fourth-order valence-corrected chi connectivity index (χ4v) is 7.99. The van der Waals surface area contributed by atoms with Crippen LogP contribution < -0.4 is 10.1 Å². The van der Waals surface area contributed by atoms with Crippen LogP contribution in [0.15, 0.2) is 18.2 Å². The van der Waals surface area contributed by atoms with Gasteiger partial charge in [-0.2, -0.15) is 5.26 Å². The molecule has 4 heterocycles. The van der Waals surface area contributed by atoms with Crippen LogP contribution in [0.3, 0.4) is 0 Å². The lowest BCUT2D eigenvalue weighted by atomic mass is 9.76. The van der Waals surface area contributed by atoms with Gasteiger partial charge in [0.2, 0.25) is 17.7 Å². The van der Waals surface area contributed by atoms with Crippen LogP contribution in [0, 0.1) is 28.6 Å². The molecule has 1 aromatic carbocycles. The first-order valence-electron chi connectivity index (χ1n) is 15.9. The number of alkyl halides is 2. The van der Waals surface area contributed by atoms with Gasteiger partial charge < -0.3 is 14.5 Å². The van der Waals surface area contributed by atoms with E-state index in [-0.39, 0.29) is 43.5 Å². The van der Waals surface area contributed by atoms with E-state index in [0.29, 0.717) is 80.6 Å². The number of imide groups is 1. The first kappa shape index (κ1) is 29.1. The third-order valence-electron chi connectivity index (χ3n) is 10.8. The minimum absolute atomic E-state index is 0.0462. The number of hydrogen-bond acceptors (Lipinski definition) is 7. The van der Waals surface area contributed by atoms with Crippen molar-refractivity contribution < 1.29 is 32.7 Å². The second kappa shape index (κ2) is 10.8. The van der Waals surface area contributed by atoms with Gasteiger partial charge in [0, 0.05) is 51.1 Å². The predicted molar refractivity (Wildman–Crippen MR) is 151 cm³/mol. The van der Waals surface area contributed by atoms with Gasteiger partial charge >= 0.3 is 0 Å². The van der Waals surface area contributed by atoms with E-state index in [4.69, 9.17) is 4.74 Å². The van der Waals surface area contributed by atoms with Crippen LogP contribution in [0.2, 0.25) is 0 Å². The van der Waals surface area contributed by atoms with Crippen LogP contribution in [-0.4, -0.2) is 88.6 Å². The Morgan fingerprint density at radius 1 is 1.02 bits per heavy atom. The number of amides is 4. The Balaban J connectivity index is 0.977. The Morgan fingerprint density at radius 3 is 2.45 bits per heavy atom. The Kier molecular flexibility index (Phi) is 7.15. The van der Waals surface area contributed by atoms with Crippen LogP contribution >= 0.6 is 0 Å². The zero-order valence-electron chi connectivity index (χ0n) is 24.6. The number of nitrogens with zero attached hydrogens (tertiary/aromatic N) is 4. The van der Waals surface area contributed by atoms with Crippen molar-refractivity contribution in [1.29, 1.82) is 5.26 Å². The van der Waals surface area contributed by atoms with Crippen LogP contribution in [0.4, 0.5) is 8.78 Å². The number of fused-ring (bicyclic) bond motifs is 1. The van der Waals surface area contributed by atoms with E-state index in [0.717, 1.165) is 12.8 Å². The predicted octanol–water partition coefficient (Wildman–Crippen LogP) is 2.86. The molecule has 1 aromatic rings. The highest BCUT2D eigenvalue weighted by molar-refractivity contribution is 6.05. The van der Waals surface area contributed by atoms with E-state index in [9.17, 15) is 24.4 Å². The molecule has 0 spiro atoms. The molecule has 6 aliphatic rings. The molecule has 1 N–H and O–H groups in total. The number of halogens is 2. The highest BCUT2D eigenvalue weighted by Crippen LogP contribution is 2.48. The summed E-state index contributed by atoms with van der Waals surface area (Å²) in [4.78, 5) is 54.9. The maximum absolute atomic E-state index is 15.4. The molecule has 0 bridgehead atoms. The summed E-state index contributed by atoms with van der Waals surface area (Å²) in [7, 11) is 0. The number of piperidine rings is 2. The molecule has 4 aliphatic heterocycles. The second-order valence-corrected chi connectivity index (χ2v) is 13.5. The molecule has 0 aromatic heterocycles. The number of benzene rings is 1. The number of carbonyl (C=O) groups is 4. The lowest BCUT2D eigenvalue weighted by Gasteiger charge is -2.53. The zero-order chi connectivity index (χ0) is 30.8. The van der Waals surface area contributed by atoms with Crippen molar-refractivity contribution in [3.8, 4) is 11.8 Å². The molecule has 2 saturated carbocycles. The van der Waals surface area contributed by atoms with Gasteiger partial charge in [0.25, 0.3) is 11.8 Å². The van der Waals surface area contributed by atoms with E-state index in [1.807, 2.05) is 9.80 Å². The SMILES string of the molecule is N#CC1(C(=O)N2CCC(C3CN([C@H]4[C@@H](Oc5ccc6c(c5)CN(C5CCC(=O)NC5=O)C6=O)CCCC4(F)F)C3)CC2)CC1. The topological polar surface area (TPSA) is 123 Å². The first-order chi connectivity index (χ1) is 21.1. The van der Waals surface area contributed by atoms with Gasteiger partial charge in [-0.3, -0.25) is 29.4 Å². The number of nitrogens with one attached hydrogen (secondary N) is 1. The van der Waals surface area contributed by atoms with Crippen LogP contribution in [0.5, 0.6) is 5.75 Å². The monoisotopic (exact) mass is 609 g/mol. The number of likely N-dealkylation sites (tertiary alicyclic amines) is 2. The van der Waals surface area contributed by atoms with Crippen molar-refractivity contribution in [2.75, 3.05) is 26.2 Å². The molecule has 10 nitrogen and oxygen atoms in total. The molecule has 2 aliphatic carbocycles. The van der Waals surface area contributed by atoms with Gasteiger partial charge in [-0.05, 0) is 80.5 Å². The summed E-state index contributed by atoms with van der Waals surface area (Å²) >= 11 is 0. The standard InChI is InChI=1S/C32H37F2N5O5/c33-32(34)9-1-2-25(27(32)38-15-21(16-38)19-7-12-37(13-8-19)30(43)31(18-35)10-11-31)44-22-3-4-23-20(14-22)17-39(29(23)42)24-5-6-26(40)36-28(24)41/h3-4,14,19,21,24-25,27H,1-2,5-13,15-17H2,(H,36,40,41)/t24?,25-,27-/m0/s1. The summed E-state index contributed by atoms with van der Waals surface area (Å²) in [6.45, 7) is 2.58. The molecule has 3 atom stereocenters. The Hall–Kier alpha value is -3.59. The molecular formula is C32H37F2N5O5. The van der Waals surface area contributed by atoms with E-state index < -0.39 is 35.4 Å². The van der Waals surface area contributed by atoms with Gasteiger partial charge in [0.05, 0.1) is 6.07 Å². The fourth-order valence-electron chi connectivity index (χ4n) is 7.99. The summed E-state index contributed by atoms with van der Waals surface area (Å²) in [5.74, 6) is -2.98. The lowest BCUT2D eigenvalue weighted by molar-refractivity contribution is -0.172. The highest BCUT2D eigenvalue weighted by Gasteiger charge is 2.56. The molecule has 44 heavy (non-hydrogen) atoms. The summed E-state index contributed by atoms with van der Waals surface area (Å²) in [5, 5.41) is 11.7. The highest BCUT2D eigenvalue weighted by atomic mass is 19.3. The lowest BCUT2D eigenvalue weighted by Crippen LogP contribution is -2.66. The summed E-state index contributed by atoms with van der Waals surface area (Å²) in [6.07, 6.45) is 3.35. The minimum Gasteiger partial charge on any atom is -0.489 e. The third kappa shape index (κ3) is 5.03. The van der Waals surface area contributed by atoms with Gasteiger partial charge in [-0.15, -0.1) is 0 Å². The van der Waals surface area contributed by atoms with Crippen molar-refractivity contribution in [2.45, 2.75) is 88.4 Å². The number of rotatable bonds is 6. The van der Waals surface area contributed by atoms with E-state index in [1.54, 1.807) is 18.2 Å². The average molecular weight is 610 g/mol. The van der Waals surface area contributed by atoms with Crippen molar-refractivity contribution in [2.24, 2.45) is 17.3 Å². The maximum atomic E-state index is 15.4. The maximum Gasteiger partial charge on any atom is 0.266 e. The molecule has 3 saturated heterocycles. The fraction of sp³-hybridized carbons (Fsp3) is 0.656. The van der Waals surface area contributed by atoms with Crippen molar-refractivity contribution >= 4 is 23.6 Å². The third-order valence-corrected chi connectivity index (χ3v) is 10.8. The van der Waals surface area contributed by atoms with Crippen LogP contribution in [0.25, 0.3) is 0 Å². The van der Waals surface area contributed by atoms with Crippen LogP contribution in [-0.2, 0) is 20.9 Å². The van der Waals surface area contributed by atoms with Gasteiger partial charge in [-0.25, -0.2) is 8.78 Å². The Morgan fingerprint density at radius 2 is 1.77 bits per heavy atom. The zero-order valence-corrected chi connectivity index (χ0v) is 24.6. The van der Waals surface area contributed by atoms with Crippen molar-refractivity contribution in [3.05, 3.63) is 29.3 Å². The molecule has 0 radical (unpaired) electrons. The van der Waals surface area contributed by atoms with Gasteiger partial charge in [-0.1, -0.05) is 0 Å². The number of nitriles is 1. The van der Waals surface area contributed by atoms with Gasteiger partial charge in [0.1, 0.15) is 29.4 Å². The summed E-state index contributed by atoms with van der Waals surface area (Å²) in [5.41, 5.74) is 0.321. The first-order valence-corrected chi connectivity index (χ1v) is 15.9. The van der Waals surface area contributed by atoms with Crippen molar-refractivity contribution in [1.82, 2.24) is 20.0 Å². The average Bonchev–Trinajstić information content (AvgIpc) is 3.71. The van der Waals surface area contributed by atoms with Crippen molar-refractivity contribution in [3.63, 3.8) is 0 Å². The van der Waals surface area contributed by atoms with E-state index >= 15 is 8.78 Å². The number of ether oxygens (including phenoxy) is 1. The Labute approximate surface area is 254 Å². The van der Waals surface area contributed by atoms with Gasteiger partial charge in [0.15, 0.2) is 0 Å². The molecule has 4 amide bonds. The van der Waals surface area contributed by atoms with E-state index in [1.165, 1.54) is 4.90 Å². The van der Waals surface area contributed by atoms with E-state index in [2.05, 4.69) is 11.4 Å². The number of hydrogen-bond donors (Lipinski definition) is 1.